The summed E-state index contributed by atoms with van der Waals surface area (Å²) in [5.41, 5.74) is 3.19. The summed E-state index contributed by atoms with van der Waals surface area (Å²) in [6.07, 6.45) is 0. The van der Waals surface area contributed by atoms with Gasteiger partial charge in [-0.05, 0) is 112 Å². The SMILES string of the molecule is [2H]c1c([2H])c([2H])c(-c2c([2H])c([2H])c3c([2H])c([2H])c4c(-c5cccc(-c6ccc7c(c6)-c6cccc8c6c(cc6ccccc68)O7)c5)c([2H])c([2H])c5c([2H])c([2H])c2c3c54)c([2H])c1[2H]. The topological polar surface area (TPSA) is 9.23 Å². The van der Waals surface area contributed by atoms with Gasteiger partial charge in [-0.1, -0.05) is 145 Å². The van der Waals surface area contributed by atoms with Crippen molar-refractivity contribution < 1.29 is 22.6 Å². The Labute approximate surface area is 301 Å². The Morgan fingerprint density at radius 2 is 1.02 bits per heavy atom. The summed E-state index contributed by atoms with van der Waals surface area (Å²) < 4.78 is 123. The maximum atomic E-state index is 9.41. The molecule has 10 aromatic rings. The molecule has 1 aliphatic heterocycles. The molecule has 0 amide bonds. The average Bonchev–Trinajstić information content (AvgIpc) is 3.28. The van der Waals surface area contributed by atoms with Crippen molar-refractivity contribution in [2.75, 3.05) is 0 Å². The van der Waals surface area contributed by atoms with Gasteiger partial charge in [0.05, 0.1) is 17.8 Å². The van der Waals surface area contributed by atoms with Gasteiger partial charge in [0.15, 0.2) is 0 Å². The van der Waals surface area contributed by atoms with Crippen LogP contribution in [0.15, 0.2) is 170 Å². The molecule has 0 N–H and O–H groups in total. The summed E-state index contributed by atoms with van der Waals surface area (Å²) >= 11 is 0. The van der Waals surface area contributed by atoms with Crippen molar-refractivity contribution >= 4 is 53.9 Å². The van der Waals surface area contributed by atoms with Gasteiger partial charge in [0.25, 0.3) is 0 Å². The Bertz CT molecular complexity index is 3680. The van der Waals surface area contributed by atoms with E-state index in [-0.39, 0.29) is 49.5 Å². The van der Waals surface area contributed by atoms with E-state index < -0.39 is 78.1 Å². The number of hydrogen-bond donors (Lipinski definition) is 0. The molecule has 1 heteroatoms. The van der Waals surface area contributed by atoms with Crippen molar-refractivity contribution in [3.63, 3.8) is 0 Å². The summed E-state index contributed by atoms with van der Waals surface area (Å²) in [5.74, 6) is 1.46. The lowest BCUT2D eigenvalue weighted by molar-refractivity contribution is 0.488. The van der Waals surface area contributed by atoms with Crippen LogP contribution in [0, 0.1) is 0 Å². The molecule has 10 aromatic carbocycles. The highest BCUT2D eigenvalue weighted by Crippen LogP contribution is 2.50. The van der Waals surface area contributed by atoms with Crippen LogP contribution >= 0.6 is 0 Å². The first-order valence-electron chi connectivity index (χ1n) is 22.4. The molecule has 0 saturated heterocycles. The summed E-state index contributed by atoms with van der Waals surface area (Å²) in [4.78, 5) is 0. The predicted octanol–water partition coefficient (Wildman–Crippen LogP) is 13.7. The third-order valence-corrected chi connectivity index (χ3v) is 9.57. The van der Waals surface area contributed by atoms with Crippen LogP contribution in [0.3, 0.4) is 0 Å². The number of hydrogen-bond acceptors (Lipinski definition) is 1. The van der Waals surface area contributed by atoms with E-state index in [1.807, 2.05) is 48.5 Å². The highest BCUT2D eigenvalue weighted by molar-refractivity contribution is 6.27. The molecule has 0 fully saturated rings. The van der Waals surface area contributed by atoms with E-state index in [2.05, 4.69) is 30.3 Å². The van der Waals surface area contributed by atoms with Crippen LogP contribution in [0.2, 0.25) is 0 Å². The van der Waals surface area contributed by atoms with Gasteiger partial charge in [-0.25, -0.2) is 0 Å². The molecule has 0 bridgehead atoms. The van der Waals surface area contributed by atoms with Gasteiger partial charge in [-0.3, -0.25) is 0 Å². The van der Waals surface area contributed by atoms with Gasteiger partial charge in [0.2, 0.25) is 0 Å². The third-order valence-electron chi connectivity index (χ3n) is 9.57. The molecule has 1 aliphatic rings. The summed E-state index contributed by atoms with van der Waals surface area (Å²) in [5, 5.41) is 3.71. The van der Waals surface area contributed by atoms with E-state index in [0.29, 0.717) is 11.3 Å². The zero-order valence-electron chi connectivity index (χ0n) is 38.6. The number of ether oxygens (including phenoxy) is 1. The molecule has 0 aromatic heterocycles. The lowest BCUT2D eigenvalue weighted by atomic mass is 9.86. The van der Waals surface area contributed by atoms with Crippen molar-refractivity contribution in [2.45, 2.75) is 0 Å². The second kappa shape index (κ2) is 10.0. The molecule has 0 aliphatic carbocycles. The minimum absolute atomic E-state index is 0.0210. The predicted molar refractivity (Wildman–Crippen MR) is 207 cm³/mol. The van der Waals surface area contributed by atoms with Crippen LogP contribution in [0.5, 0.6) is 11.5 Å². The summed E-state index contributed by atoms with van der Waals surface area (Å²) in [6, 6.07) is 22.2. The van der Waals surface area contributed by atoms with E-state index >= 15 is 0 Å². The van der Waals surface area contributed by atoms with E-state index in [0.717, 1.165) is 49.5 Å². The lowest BCUT2D eigenvalue weighted by Gasteiger charge is -2.23. The number of fused-ring (bicyclic) bond motifs is 4. The fraction of sp³-hybridized carbons (Fsp3) is 0. The molecule has 226 valence electrons. The minimum Gasteiger partial charge on any atom is -0.456 e. The molecule has 11 rings (SSSR count). The molecule has 49 heavy (non-hydrogen) atoms. The molecule has 1 nitrogen and oxygen atoms in total. The zero-order chi connectivity index (χ0) is 43.4. The fourth-order valence-corrected chi connectivity index (χ4v) is 7.38. The average molecular weight is 634 g/mol. The first kappa shape index (κ1) is 17.1. The van der Waals surface area contributed by atoms with E-state index in [4.69, 9.17) is 14.3 Å². The van der Waals surface area contributed by atoms with Gasteiger partial charge in [0.1, 0.15) is 11.5 Å². The number of benzene rings is 10. The molecule has 0 spiro atoms. The Morgan fingerprint density at radius 3 is 1.84 bits per heavy atom. The van der Waals surface area contributed by atoms with Crippen LogP contribution in [0.1, 0.15) is 17.8 Å². The lowest BCUT2D eigenvalue weighted by Crippen LogP contribution is -1.98. The minimum atomic E-state index is -0.693. The van der Waals surface area contributed by atoms with Crippen LogP contribution in [0.4, 0.5) is 0 Å². The molecule has 0 radical (unpaired) electrons. The number of rotatable bonds is 3. The quantitative estimate of drug-likeness (QED) is 0.176. The van der Waals surface area contributed by atoms with Crippen LogP contribution in [-0.4, -0.2) is 0 Å². The highest BCUT2D eigenvalue weighted by atomic mass is 16.5. The Balaban J connectivity index is 1.18. The van der Waals surface area contributed by atoms with E-state index in [1.165, 1.54) is 0 Å². The zero-order valence-corrected chi connectivity index (χ0v) is 25.6. The first-order valence-corrected chi connectivity index (χ1v) is 15.9. The Kier molecular flexibility index (Phi) is 3.50. The normalized spacial score (nSPS) is 16.0. The van der Waals surface area contributed by atoms with E-state index in [1.54, 1.807) is 12.1 Å². The van der Waals surface area contributed by atoms with Crippen molar-refractivity contribution in [3.8, 4) is 56.0 Å². The molecule has 0 saturated carbocycles. The standard InChI is InChI=1S/C48H28O/c1-2-8-29(9-3-1)37-21-16-30-19-24-42-38(22-17-31-18-23-41(37)46(30)47(31)42)34-12-6-11-32(26-34)33-20-25-44-43(27-33)40-15-7-14-39-36-13-5-4-10-35(36)28-45(49-44)48(39)40/h1-28H/i1D,2D,3D,8D,9D,16D,17D,18D,19D,21D,22D,23D,24D. The molecule has 1 heterocycles. The largest absolute Gasteiger partial charge is 0.456 e. The highest BCUT2D eigenvalue weighted by Gasteiger charge is 2.22. The molecule has 0 unspecified atom stereocenters. The maximum absolute atomic E-state index is 9.41. The van der Waals surface area contributed by atoms with Gasteiger partial charge < -0.3 is 4.74 Å². The van der Waals surface area contributed by atoms with Crippen LogP contribution in [0.25, 0.3) is 98.4 Å². The molecular formula is C48H28O. The van der Waals surface area contributed by atoms with Gasteiger partial charge in [-0.2, -0.15) is 0 Å². The third kappa shape index (κ3) is 3.87. The monoisotopic (exact) mass is 633 g/mol. The second-order valence-electron chi connectivity index (χ2n) is 12.2. The van der Waals surface area contributed by atoms with Crippen LogP contribution in [-0.2, 0) is 0 Å². The van der Waals surface area contributed by atoms with E-state index in [9.17, 15) is 8.22 Å². The first-order chi connectivity index (χ1) is 29.7. The smallest absolute Gasteiger partial charge is 0.136 e. The Hall–Kier alpha value is -6.44. The van der Waals surface area contributed by atoms with Gasteiger partial charge in [0, 0.05) is 10.9 Å². The fourth-order valence-electron chi connectivity index (χ4n) is 7.38. The van der Waals surface area contributed by atoms with Gasteiger partial charge in [-0.15, -0.1) is 0 Å². The maximum Gasteiger partial charge on any atom is 0.136 e. The summed E-state index contributed by atoms with van der Waals surface area (Å²) in [6.45, 7) is 0. The van der Waals surface area contributed by atoms with Crippen molar-refractivity contribution in [2.24, 2.45) is 0 Å². The van der Waals surface area contributed by atoms with Gasteiger partial charge >= 0.3 is 0 Å². The molecular weight excluding hydrogens is 593 g/mol. The molecule has 0 atom stereocenters. The Morgan fingerprint density at radius 1 is 0.347 bits per heavy atom. The van der Waals surface area contributed by atoms with Crippen molar-refractivity contribution in [1.82, 2.24) is 0 Å². The van der Waals surface area contributed by atoms with Crippen LogP contribution < -0.4 is 4.74 Å². The second-order valence-corrected chi connectivity index (χ2v) is 12.2. The van der Waals surface area contributed by atoms with Crippen molar-refractivity contribution in [1.29, 1.82) is 0 Å². The van der Waals surface area contributed by atoms with Crippen molar-refractivity contribution in [3.05, 3.63) is 170 Å². The summed E-state index contributed by atoms with van der Waals surface area (Å²) in [7, 11) is 0.